The molecular formula is C37H45N7O6S3. The molecule has 16 heteroatoms. The number of rotatable bonds is 19. The molecule has 2 aromatic carbocycles. The number of benzene rings is 2. The van der Waals surface area contributed by atoms with E-state index in [1.165, 1.54) is 40.5 Å². The Bertz CT molecular complexity index is 1850. The number of carbonyl (C=O) groups excluding carboxylic acids is 4. The first kappa shape index (κ1) is 41.2. The molecule has 0 bridgehead atoms. The Hall–Kier alpha value is -4.51. The molecule has 2 amide bonds. The molecule has 53 heavy (non-hydrogen) atoms. The van der Waals surface area contributed by atoms with Crippen molar-refractivity contribution in [1.29, 1.82) is 0 Å². The minimum Gasteiger partial charge on any atom is -0.462 e. The number of aromatic nitrogens is 4. The van der Waals surface area contributed by atoms with Crippen LogP contribution in [-0.2, 0) is 41.5 Å². The number of hydrogen-bond donors (Lipinski definition) is 3. The molecule has 2 aromatic heterocycles. The highest BCUT2D eigenvalue weighted by atomic mass is 32.2. The number of nitrogens with two attached hydrogens (primary N) is 1. The normalized spacial score (nSPS) is 13.3. The molecule has 4 N–H and O–H groups in total. The molecule has 13 nitrogen and oxygen atoms in total. The Kier molecular flexibility index (Phi) is 15.6. The van der Waals surface area contributed by atoms with Gasteiger partial charge in [0.15, 0.2) is 4.87 Å². The van der Waals surface area contributed by atoms with Crippen LogP contribution in [0.25, 0.3) is 0 Å². The zero-order valence-electron chi connectivity index (χ0n) is 30.4. The fraction of sp³-hybridized carbons (Fsp3) is 0.405. The third-order valence-corrected chi connectivity index (χ3v) is 11.3. The first-order valence-electron chi connectivity index (χ1n) is 17.1. The number of unbranched alkanes of at least 4 members (excludes halogenated alkanes) is 1. The summed E-state index contributed by atoms with van der Waals surface area (Å²) in [6.07, 6.45) is 5.99. The largest absolute Gasteiger partial charge is 0.462 e. The predicted molar refractivity (Wildman–Crippen MR) is 209 cm³/mol. The van der Waals surface area contributed by atoms with Crippen LogP contribution >= 0.6 is 34.4 Å². The van der Waals surface area contributed by atoms with Crippen LogP contribution in [-0.4, -0.2) is 68.5 Å². The first-order valence-corrected chi connectivity index (χ1v) is 19.9. The van der Waals surface area contributed by atoms with Gasteiger partial charge in [0.2, 0.25) is 22.1 Å². The second kappa shape index (κ2) is 20.1. The summed E-state index contributed by atoms with van der Waals surface area (Å²) in [6, 6.07) is 18.2. The van der Waals surface area contributed by atoms with Crippen molar-refractivity contribution in [3.05, 3.63) is 93.5 Å². The lowest BCUT2D eigenvalue weighted by Gasteiger charge is -2.29. The summed E-state index contributed by atoms with van der Waals surface area (Å²) in [6.45, 7) is 6.99. The third kappa shape index (κ3) is 12.3. The van der Waals surface area contributed by atoms with Crippen LogP contribution in [0.2, 0.25) is 0 Å². The predicted octanol–water partition coefficient (Wildman–Crippen LogP) is 6.13. The number of hydrogen-bond acceptors (Lipinski definition) is 14. The lowest BCUT2D eigenvalue weighted by molar-refractivity contribution is -0.149. The van der Waals surface area contributed by atoms with Gasteiger partial charge in [-0.3, -0.25) is 20.2 Å². The Morgan fingerprint density at radius 3 is 1.64 bits per heavy atom. The van der Waals surface area contributed by atoms with Crippen molar-refractivity contribution >= 4 is 68.5 Å². The maximum absolute atomic E-state index is 13.4. The van der Waals surface area contributed by atoms with Gasteiger partial charge in [-0.15, -0.1) is 32.2 Å². The Morgan fingerprint density at radius 2 is 1.23 bits per heavy atom. The molecule has 3 atom stereocenters. The van der Waals surface area contributed by atoms with Crippen molar-refractivity contribution in [2.45, 2.75) is 70.1 Å². The minimum atomic E-state index is -1.23. The average molecular weight is 780 g/mol. The molecule has 0 saturated heterocycles. The molecule has 3 unspecified atom stereocenters. The number of thioether (sulfide) groups is 1. The molecule has 4 rings (SSSR count). The number of nitrogens with one attached hydrogen (secondary N) is 2. The molecule has 0 fully saturated rings. The molecule has 282 valence electrons. The van der Waals surface area contributed by atoms with E-state index in [0.29, 0.717) is 34.2 Å². The molecule has 0 aliphatic carbocycles. The van der Waals surface area contributed by atoms with Gasteiger partial charge in [-0.1, -0.05) is 103 Å². The van der Waals surface area contributed by atoms with Crippen molar-refractivity contribution in [2.75, 3.05) is 30.1 Å². The Labute approximate surface area is 321 Å². The number of esters is 2. The van der Waals surface area contributed by atoms with E-state index < -0.39 is 28.6 Å². The minimum absolute atomic E-state index is 0.115. The van der Waals surface area contributed by atoms with E-state index in [-0.39, 0.29) is 30.9 Å². The van der Waals surface area contributed by atoms with Gasteiger partial charge in [-0.2, -0.15) is 0 Å². The molecule has 0 aliphatic rings. The number of amides is 2. The van der Waals surface area contributed by atoms with Crippen LogP contribution in [0.1, 0.15) is 73.5 Å². The summed E-state index contributed by atoms with van der Waals surface area (Å²) in [5.41, 5.74) is 8.51. The lowest BCUT2D eigenvalue weighted by Crippen LogP contribution is -2.50. The van der Waals surface area contributed by atoms with Crippen LogP contribution in [0.5, 0.6) is 0 Å². The van der Waals surface area contributed by atoms with E-state index in [0.717, 1.165) is 28.4 Å². The number of anilines is 2. The molecule has 2 heterocycles. The third-order valence-electron chi connectivity index (χ3n) is 8.16. The Morgan fingerprint density at radius 1 is 0.774 bits per heavy atom. The highest BCUT2D eigenvalue weighted by Crippen LogP contribution is 2.29. The van der Waals surface area contributed by atoms with Crippen LogP contribution < -0.4 is 16.4 Å². The number of carbonyl (C=O) groups is 4. The summed E-state index contributed by atoms with van der Waals surface area (Å²) in [5, 5.41) is 24.7. The number of ether oxygens (including phenoxy) is 2. The Balaban J connectivity index is 1.27. The van der Waals surface area contributed by atoms with Gasteiger partial charge in [0, 0.05) is 18.9 Å². The zero-order valence-corrected chi connectivity index (χ0v) is 32.8. The molecule has 0 spiro atoms. The summed E-state index contributed by atoms with van der Waals surface area (Å²) >= 11 is 3.79. The van der Waals surface area contributed by atoms with Gasteiger partial charge in [-0.25, -0.2) is 9.59 Å². The number of aryl methyl sites for hydroxylation is 2. The average Bonchev–Trinajstić information content (AvgIpc) is 3.79. The van der Waals surface area contributed by atoms with Crippen molar-refractivity contribution in [3.63, 3.8) is 0 Å². The van der Waals surface area contributed by atoms with Gasteiger partial charge in [-0.05, 0) is 50.0 Å². The van der Waals surface area contributed by atoms with Crippen molar-refractivity contribution in [3.8, 4) is 0 Å². The lowest BCUT2D eigenvalue weighted by atomic mass is 9.99. The van der Waals surface area contributed by atoms with Gasteiger partial charge in [0.25, 0.3) is 0 Å². The van der Waals surface area contributed by atoms with E-state index in [2.05, 4.69) is 31.0 Å². The van der Waals surface area contributed by atoms with Gasteiger partial charge in [0.05, 0.1) is 11.8 Å². The summed E-state index contributed by atoms with van der Waals surface area (Å²) in [7, 11) is 0. The second-order valence-corrected chi connectivity index (χ2v) is 15.9. The van der Waals surface area contributed by atoms with Crippen LogP contribution in [0, 0.1) is 5.92 Å². The van der Waals surface area contributed by atoms with Crippen LogP contribution in [0.4, 0.5) is 10.3 Å². The maximum atomic E-state index is 13.4. The topological polar surface area (TPSA) is 188 Å². The monoisotopic (exact) mass is 779 g/mol. The smallest absolute Gasteiger partial charge is 0.336 e. The molecule has 4 aromatic rings. The molecular weight excluding hydrogens is 735 g/mol. The van der Waals surface area contributed by atoms with E-state index in [9.17, 15) is 19.2 Å². The molecule has 0 aliphatic heterocycles. The first-order chi connectivity index (χ1) is 25.4. The van der Waals surface area contributed by atoms with E-state index in [4.69, 9.17) is 15.2 Å². The van der Waals surface area contributed by atoms with Crippen LogP contribution in [0.3, 0.4) is 0 Å². The molecule has 0 radical (unpaired) electrons. The summed E-state index contributed by atoms with van der Waals surface area (Å²) < 4.78 is 11.0. The number of allylic oxidation sites excluding steroid dienone is 1. The van der Waals surface area contributed by atoms with Crippen molar-refractivity contribution < 1.29 is 28.7 Å². The standard InChI is InChI=1S/C37H45N7O6S3/c1-23(2)20-31(45)49-21-27(25-14-8-6-9-15-25)32(46)39-35-43-41-29(52-35)18-12-13-19-30-42-44-36(53-30)40-33(47)28(26-16-10-7-11-17-26)22-50-34(48)37(38,51-5)24(3)4/h6-11,14-17,20,24,27-28H,12-13,18-19,21-22,38H2,1-5H3,(H,39,43,46)(H,40,44,47). The maximum Gasteiger partial charge on any atom is 0.336 e. The van der Waals surface area contributed by atoms with Gasteiger partial charge in [0.1, 0.15) is 23.2 Å². The zero-order chi connectivity index (χ0) is 38.4. The fourth-order valence-electron chi connectivity index (χ4n) is 5.03. The summed E-state index contributed by atoms with van der Waals surface area (Å²) in [4.78, 5) is 50.4. The van der Waals surface area contributed by atoms with E-state index in [1.54, 1.807) is 32.2 Å². The highest BCUT2D eigenvalue weighted by Gasteiger charge is 2.39. The highest BCUT2D eigenvalue weighted by molar-refractivity contribution is 8.00. The van der Waals surface area contributed by atoms with Gasteiger partial charge < -0.3 is 15.2 Å². The second-order valence-electron chi connectivity index (χ2n) is 12.7. The van der Waals surface area contributed by atoms with Gasteiger partial charge >= 0.3 is 11.9 Å². The van der Waals surface area contributed by atoms with Crippen LogP contribution in [0.15, 0.2) is 72.3 Å². The fourth-order valence-corrected chi connectivity index (χ4v) is 7.30. The number of nitrogens with zero attached hydrogens (tertiary/aromatic N) is 4. The van der Waals surface area contributed by atoms with E-state index in [1.807, 2.05) is 62.4 Å². The quantitative estimate of drug-likeness (QED) is 0.0429. The SMILES string of the molecule is CSC(N)(C(=O)OCC(C(=O)Nc1nnc(CCCCc2nnc(NC(=O)C(COC(=O)C=C(C)C)c3ccccc3)s2)s1)c1ccccc1)C(C)C. The van der Waals surface area contributed by atoms with Crippen molar-refractivity contribution in [1.82, 2.24) is 20.4 Å². The molecule has 0 saturated carbocycles. The van der Waals surface area contributed by atoms with Crippen molar-refractivity contribution in [2.24, 2.45) is 11.7 Å². The van der Waals surface area contributed by atoms with E-state index >= 15 is 0 Å². The summed E-state index contributed by atoms with van der Waals surface area (Å²) in [5.74, 6) is -3.47.